The van der Waals surface area contributed by atoms with Crippen LogP contribution in [-0.2, 0) is 9.53 Å². The van der Waals surface area contributed by atoms with Crippen LogP contribution in [0.4, 0.5) is 0 Å². The number of hydrogen-bond acceptors (Lipinski definition) is 4. The monoisotopic (exact) mass is 395 g/mol. The quantitative estimate of drug-likeness (QED) is 0.749. The normalized spacial score (nSPS) is 26.8. The first-order chi connectivity index (χ1) is 11.3. The van der Waals surface area contributed by atoms with E-state index in [9.17, 15) is 4.79 Å². The number of carbonyl (C=O) groups is 1. The predicted molar refractivity (Wildman–Crippen MR) is 106 cm³/mol. The van der Waals surface area contributed by atoms with Crippen LogP contribution in [0.25, 0.3) is 0 Å². The molecule has 0 unspecified atom stereocenters. The van der Waals surface area contributed by atoms with Crippen molar-refractivity contribution in [1.29, 1.82) is 0 Å². The SMILES string of the molecule is Cl.Cl.O=C(NCC1(CN2CCOCC2)CCCCC1)[C@H]1CCCCN1. The van der Waals surface area contributed by atoms with Crippen LogP contribution in [0, 0.1) is 5.41 Å². The molecule has 25 heavy (non-hydrogen) atoms. The lowest BCUT2D eigenvalue weighted by atomic mass is 9.73. The Bertz CT molecular complexity index is 381. The first-order valence-electron chi connectivity index (χ1n) is 9.59. The zero-order valence-electron chi connectivity index (χ0n) is 15.3. The molecular weight excluding hydrogens is 361 g/mol. The minimum absolute atomic E-state index is 0. The second-order valence-electron chi connectivity index (χ2n) is 7.67. The first-order valence-corrected chi connectivity index (χ1v) is 9.59. The van der Waals surface area contributed by atoms with E-state index in [1.54, 1.807) is 0 Å². The van der Waals surface area contributed by atoms with E-state index in [-0.39, 0.29) is 42.2 Å². The summed E-state index contributed by atoms with van der Waals surface area (Å²) in [6.45, 7) is 6.75. The van der Waals surface area contributed by atoms with Gasteiger partial charge in [-0.2, -0.15) is 0 Å². The molecule has 2 aliphatic heterocycles. The minimum atomic E-state index is 0. The van der Waals surface area contributed by atoms with Crippen LogP contribution in [0.2, 0.25) is 0 Å². The Labute approximate surface area is 164 Å². The Morgan fingerprint density at radius 2 is 1.80 bits per heavy atom. The number of hydrogen-bond donors (Lipinski definition) is 2. The van der Waals surface area contributed by atoms with Gasteiger partial charge in [-0.1, -0.05) is 25.7 Å². The maximum absolute atomic E-state index is 12.5. The van der Waals surface area contributed by atoms with Crippen LogP contribution in [0.1, 0.15) is 51.4 Å². The summed E-state index contributed by atoms with van der Waals surface area (Å²) in [5.41, 5.74) is 0.278. The molecular formula is C18H35Cl2N3O2. The van der Waals surface area contributed by atoms with Gasteiger partial charge in [0.2, 0.25) is 5.91 Å². The van der Waals surface area contributed by atoms with Crippen molar-refractivity contribution in [3.05, 3.63) is 0 Å². The number of ether oxygens (including phenoxy) is 1. The molecule has 148 valence electrons. The third-order valence-corrected chi connectivity index (χ3v) is 5.84. The van der Waals surface area contributed by atoms with E-state index in [0.29, 0.717) is 0 Å². The van der Waals surface area contributed by atoms with Gasteiger partial charge in [0.1, 0.15) is 0 Å². The molecule has 3 rings (SSSR count). The summed E-state index contributed by atoms with van der Waals surface area (Å²) in [6.07, 6.45) is 9.83. The van der Waals surface area contributed by atoms with Gasteiger partial charge in [0.25, 0.3) is 0 Å². The van der Waals surface area contributed by atoms with Gasteiger partial charge in [-0.05, 0) is 32.2 Å². The summed E-state index contributed by atoms with van der Waals surface area (Å²) >= 11 is 0. The summed E-state index contributed by atoms with van der Waals surface area (Å²) in [4.78, 5) is 15.0. The van der Waals surface area contributed by atoms with E-state index in [0.717, 1.165) is 52.4 Å². The molecule has 2 N–H and O–H groups in total. The number of rotatable bonds is 5. The predicted octanol–water partition coefficient (Wildman–Crippen LogP) is 2.37. The summed E-state index contributed by atoms with van der Waals surface area (Å²) in [5.74, 6) is 0.219. The molecule has 1 saturated carbocycles. The Balaban J connectivity index is 0.00000156. The van der Waals surface area contributed by atoms with Crippen molar-refractivity contribution in [3.8, 4) is 0 Å². The van der Waals surface area contributed by atoms with Gasteiger partial charge < -0.3 is 15.4 Å². The molecule has 2 saturated heterocycles. The van der Waals surface area contributed by atoms with Crippen molar-refractivity contribution in [2.75, 3.05) is 45.9 Å². The van der Waals surface area contributed by atoms with Gasteiger partial charge in [0.05, 0.1) is 19.3 Å². The van der Waals surface area contributed by atoms with Gasteiger partial charge >= 0.3 is 0 Å². The summed E-state index contributed by atoms with van der Waals surface area (Å²) in [7, 11) is 0. The van der Waals surface area contributed by atoms with Gasteiger partial charge in [0, 0.05) is 31.6 Å². The maximum atomic E-state index is 12.5. The van der Waals surface area contributed by atoms with E-state index in [4.69, 9.17) is 4.74 Å². The molecule has 1 aliphatic carbocycles. The lowest BCUT2D eigenvalue weighted by Gasteiger charge is -2.42. The maximum Gasteiger partial charge on any atom is 0.237 e. The zero-order valence-corrected chi connectivity index (χ0v) is 16.9. The Morgan fingerprint density at radius 1 is 1.08 bits per heavy atom. The fourth-order valence-electron chi connectivity index (χ4n) is 4.40. The first kappa shape index (κ1) is 23.0. The number of amides is 1. The van der Waals surface area contributed by atoms with Gasteiger partial charge in [-0.3, -0.25) is 9.69 Å². The van der Waals surface area contributed by atoms with E-state index < -0.39 is 0 Å². The Morgan fingerprint density at radius 3 is 2.44 bits per heavy atom. The van der Waals surface area contributed by atoms with Crippen LogP contribution in [0.15, 0.2) is 0 Å². The van der Waals surface area contributed by atoms with E-state index in [2.05, 4.69) is 15.5 Å². The third kappa shape index (κ3) is 6.87. The van der Waals surface area contributed by atoms with E-state index in [1.165, 1.54) is 44.9 Å². The molecule has 0 spiro atoms. The second kappa shape index (κ2) is 11.6. The number of piperidine rings is 1. The number of morpholine rings is 1. The number of nitrogens with zero attached hydrogens (tertiary/aromatic N) is 1. The number of carbonyl (C=O) groups excluding carboxylic acids is 1. The Hall–Kier alpha value is -0.0700. The van der Waals surface area contributed by atoms with Gasteiger partial charge in [0.15, 0.2) is 0 Å². The van der Waals surface area contributed by atoms with Crippen LogP contribution >= 0.6 is 24.8 Å². The fourth-order valence-corrected chi connectivity index (χ4v) is 4.40. The van der Waals surface area contributed by atoms with Crippen molar-refractivity contribution < 1.29 is 9.53 Å². The van der Waals surface area contributed by atoms with Crippen LogP contribution in [-0.4, -0.2) is 62.8 Å². The molecule has 1 atom stereocenters. The van der Waals surface area contributed by atoms with Crippen molar-refractivity contribution in [2.24, 2.45) is 5.41 Å². The summed E-state index contributed by atoms with van der Waals surface area (Å²) in [6, 6.07) is 0.0350. The highest BCUT2D eigenvalue weighted by molar-refractivity contribution is 5.85. The van der Waals surface area contributed by atoms with Crippen LogP contribution in [0.3, 0.4) is 0 Å². The standard InChI is InChI=1S/C18H33N3O2.2ClH/c22-17(16-6-2-5-9-19-16)20-14-18(7-3-1-4-8-18)15-21-10-12-23-13-11-21;;/h16,19H,1-15H2,(H,20,22);2*1H/t16-;;/m1../s1. The third-order valence-electron chi connectivity index (χ3n) is 5.84. The molecule has 1 amide bonds. The molecule has 0 aromatic rings. The highest BCUT2D eigenvalue weighted by Crippen LogP contribution is 2.36. The van der Waals surface area contributed by atoms with Crippen molar-refractivity contribution in [1.82, 2.24) is 15.5 Å². The number of halogens is 2. The van der Waals surface area contributed by atoms with Crippen LogP contribution in [0.5, 0.6) is 0 Å². The molecule has 7 heteroatoms. The zero-order chi connectivity index (χ0) is 16.0. The summed E-state index contributed by atoms with van der Waals surface area (Å²) < 4.78 is 5.48. The highest BCUT2D eigenvalue weighted by atomic mass is 35.5. The second-order valence-corrected chi connectivity index (χ2v) is 7.67. The Kier molecular flexibility index (Phi) is 10.7. The van der Waals surface area contributed by atoms with Gasteiger partial charge in [-0.15, -0.1) is 24.8 Å². The van der Waals surface area contributed by atoms with Gasteiger partial charge in [-0.25, -0.2) is 0 Å². The minimum Gasteiger partial charge on any atom is -0.379 e. The topological polar surface area (TPSA) is 53.6 Å². The molecule has 5 nitrogen and oxygen atoms in total. The molecule has 0 aromatic heterocycles. The van der Waals surface area contributed by atoms with Crippen molar-refractivity contribution >= 4 is 30.7 Å². The smallest absolute Gasteiger partial charge is 0.237 e. The molecule has 0 aromatic carbocycles. The van der Waals surface area contributed by atoms with Crippen molar-refractivity contribution in [2.45, 2.75) is 57.4 Å². The molecule has 3 aliphatic rings. The van der Waals surface area contributed by atoms with E-state index in [1.807, 2.05) is 0 Å². The fraction of sp³-hybridized carbons (Fsp3) is 0.944. The lowest BCUT2D eigenvalue weighted by Crippen LogP contribution is -2.53. The average molecular weight is 396 g/mol. The summed E-state index contributed by atoms with van der Waals surface area (Å²) in [5, 5.41) is 6.65. The van der Waals surface area contributed by atoms with Crippen molar-refractivity contribution in [3.63, 3.8) is 0 Å². The largest absolute Gasteiger partial charge is 0.379 e. The number of nitrogens with one attached hydrogen (secondary N) is 2. The van der Waals surface area contributed by atoms with Crippen LogP contribution < -0.4 is 10.6 Å². The average Bonchev–Trinajstić information content (AvgIpc) is 2.62. The van der Waals surface area contributed by atoms with E-state index >= 15 is 0 Å². The molecule has 2 heterocycles. The molecule has 3 fully saturated rings. The highest BCUT2D eigenvalue weighted by Gasteiger charge is 2.35. The lowest BCUT2D eigenvalue weighted by molar-refractivity contribution is -0.124. The molecule has 0 bridgehead atoms. The molecule has 0 radical (unpaired) electrons.